The molecule has 2 nitrogen and oxygen atoms in total. The number of halogens is 1. The van der Waals surface area contributed by atoms with E-state index < -0.39 is 0 Å². The Kier molecular flexibility index (Phi) is 5.17. The predicted molar refractivity (Wildman–Crippen MR) is 90.8 cm³/mol. The average molecular weight is 379 g/mol. The second kappa shape index (κ2) is 6.88. The van der Waals surface area contributed by atoms with Crippen LogP contribution >= 0.6 is 22.6 Å². The first-order chi connectivity index (χ1) is 9.61. The summed E-state index contributed by atoms with van der Waals surface area (Å²) in [6.45, 7) is 4.15. The minimum atomic E-state index is -0.0116. The number of carbonyl (C=O) groups is 1. The molecule has 3 heteroatoms. The fourth-order valence-electron chi connectivity index (χ4n) is 2.10. The number of hydrogen-bond acceptors (Lipinski definition) is 1. The zero-order chi connectivity index (χ0) is 14.5. The van der Waals surface area contributed by atoms with Crippen LogP contribution in [0.25, 0.3) is 0 Å². The van der Waals surface area contributed by atoms with Gasteiger partial charge in [-0.1, -0.05) is 48.9 Å². The lowest BCUT2D eigenvalue weighted by atomic mass is 10.0. The molecule has 0 unspecified atom stereocenters. The molecule has 0 saturated carbocycles. The number of amides is 1. The van der Waals surface area contributed by atoms with Gasteiger partial charge < -0.3 is 5.32 Å². The number of nitrogens with one attached hydrogen (secondary N) is 1. The molecule has 0 aliphatic carbocycles. The zero-order valence-corrected chi connectivity index (χ0v) is 13.8. The van der Waals surface area contributed by atoms with Crippen LogP contribution in [0.3, 0.4) is 0 Å². The molecule has 2 aromatic rings. The maximum Gasteiger partial charge on any atom is 0.252 e. The van der Waals surface area contributed by atoms with E-state index in [0.717, 1.165) is 21.1 Å². The number of hydrogen-bond donors (Lipinski definition) is 1. The van der Waals surface area contributed by atoms with Gasteiger partial charge in [0.05, 0.1) is 11.6 Å². The number of rotatable bonds is 4. The Balaban J connectivity index is 2.16. The van der Waals surface area contributed by atoms with Crippen LogP contribution in [0.2, 0.25) is 0 Å². The molecule has 0 radical (unpaired) electrons. The van der Waals surface area contributed by atoms with Crippen LogP contribution in [0.5, 0.6) is 0 Å². The molecular weight excluding hydrogens is 361 g/mol. The van der Waals surface area contributed by atoms with Crippen LogP contribution in [-0.4, -0.2) is 5.91 Å². The van der Waals surface area contributed by atoms with Gasteiger partial charge in [-0.3, -0.25) is 4.79 Å². The first-order valence-electron chi connectivity index (χ1n) is 6.73. The van der Waals surface area contributed by atoms with Crippen LogP contribution < -0.4 is 5.32 Å². The van der Waals surface area contributed by atoms with Crippen molar-refractivity contribution in [2.45, 2.75) is 26.3 Å². The van der Waals surface area contributed by atoms with Crippen LogP contribution in [0.15, 0.2) is 48.5 Å². The summed E-state index contributed by atoms with van der Waals surface area (Å²) in [7, 11) is 0. The van der Waals surface area contributed by atoms with Crippen LogP contribution in [0, 0.1) is 10.5 Å². The predicted octanol–water partition coefficient (Wildman–Crippen LogP) is 4.48. The van der Waals surface area contributed by atoms with Crippen molar-refractivity contribution in [2.24, 2.45) is 0 Å². The molecule has 0 aliphatic heterocycles. The minimum absolute atomic E-state index is 0.0116. The fraction of sp³-hybridized carbons (Fsp3) is 0.235. The monoisotopic (exact) mass is 379 g/mol. The van der Waals surface area contributed by atoms with E-state index in [0.29, 0.717) is 0 Å². The summed E-state index contributed by atoms with van der Waals surface area (Å²) in [5.74, 6) is -0.0116. The second-order valence-corrected chi connectivity index (χ2v) is 5.99. The summed E-state index contributed by atoms with van der Waals surface area (Å²) < 4.78 is 0.973. The maximum atomic E-state index is 12.4. The molecule has 1 amide bonds. The van der Waals surface area contributed by atoms with E-state index in [1.165, 1.54) is 5.56 Å². The summed E-state index contributed by atoms with van der Waals surface area (Å²) in [4.78, 5) is 12.4. The van der Waals surface area contributed by atoms with Crippen molar-refractivity contribution in [3.05, 3.63) is 68.8 Å². The van der Waals surface area contributed by atoms with Crippen molar-refractivity contribution < 1.29 is 4.79 Å². The first kappa shape index (κ1) is 15.0. The molecule has 2 aromatic carbocycles. The molecule has 1 N–H and O–H groups in total. The van der Waals surface area contributed by atoms with Gasteiger partial charge >= 0.3 is 0 Å². The summed E-state index contributed by atoms with van der Waals surface area (Å²) >= 11 is 2.19. The number of carbonyl (C=O) groups excluding carboxylic acids is 1. The quantitative estimate of drug-likeness (QED) is 0.780. The van der Waals surface area contributed by atoms with Gasteiger partial charge in [0, 0.05) is 3.57 Å². The Labute approximate surface area is 133 Å². The van der Waals surface area contributed by atoms with Gasteiger partial charge in [-0.2, -0.15) is 0 Å². The highest BCUT2D eigenvalue weighted by Crippen LogP contribution is 2.19. The Hall–Kier alpha value is -1.36. The van der Waals surface area contributed by atoms with Gasteiger partial charge in [-0.15, -0.1) is 0 Å². The molecule has 20 heavy (non-hydrogen) atoms. The van der Waals surface area contributed by atoms with Gasteiger partial charge in [0.2, 0.25) is 0 Å². The standard InChI is InChI=1S/C17H18INO/c1-3-16(13-10-8-12(2)9-11-13)19-17(20)14-6-4-5-7-15(14)18/h4-11,16H,3H2,1-2H3,(H,19,20)/t16-/m0/s1. The van der Waals surface area contributed by atoms with Crippen molar-refractivity contribution in [3.8, 4) is 0 Å². The van der Waals surface area contributed by atoms with E-state index >= 15 is 0 Å². The number of benzene rings is 2. The van der Waals surface area contributed by atoms with Crippen molar-refractivity contribution in [1.29, 1.82) is 0 Å². The molecular formula is C17H18INO. The zero-order valence-electron chi connectivity index (χ0n) is 11.7. The van der Waals surface area contributed by atoms with Gasteiger partial charge in [0.15, 0.2) is 0 Å². The van der Waals surface area contributed by atoms with Crippen molar-refractivity contribution >= 4 is 28.5 Å². The summed E-state index contributed by atoms with van der Waals surface area (Å²) in [6, 6.07) is 16.0. The molecule has 1 atom stereocenters. The summed E-state index contributed by atoms with van der Waals surface area (Å²) in [5.41, 5.74) is 3.11. The van der Waals surface area contributed by atoms with Gasteiger partial charge in [0.1, 0.15) is 0 Å². The van der Waals surface area contributed by atoms with Gasteiger partial charge in [-0.05, 0) is 53.6 Å². The van der Waals surface area contributed by atoms with E-state index in [9.17, 15) is 4.79 Å². The Morgan fingerprint density at radius 2 is 1.80 bits per heavy atom. The summed E-state index contributed by atoms with van der Waals surface area (Å²) in [6.07, 6.45) is 0.873. The third kappa shape index (κ3) is 3.60. The lowest BCUT2D eigenvalue weighted by Gasteiger charge is -2.18. The average Bonchev–Trinajstić information content (AvgIpc) is 2.46. The van der Waals surface area contributed by atoms with E-state index in [1.807, 2.05) is 24.3 Å². The van der Waals surface area contributed by atoms with E-state index in [1.54, 1.807) is 0 Å². The fourth-order valence-corrected chi connectivity index (χ4v) is 2.73. The minimum Gasteiger partial charge on any atom is -0.345 e. The lowest BCUT2D eigenvalue weighted by molar-refractivity contribution is 0.0934. The Bertz CT molecular complexity index is 592. The molecule has 2 rings (SSSR count). The van der Waals surface area contributed by atoms with E-state index in [-0.39, 0.29) is 11.9 Å². The molecule has 0 spiro atoms. The highest BCUT2D eigenvalue weighted by molar-refractivity contribution is 14.1. The van der Waals surface area contributed by atoms with Gasteiger partial charge in [-0.25, -0.2) is 0 Å². The normalized spacial score (nSPS) is 11.9. The molecule has 0 aliphatic rings. The van der Waals surface area contributed by atoms with Crippen LogP contribution in [0.1, 0.15) is 40.9 Å². The first-order valence-corrected chi connectivity index (χ1v) is 7.81. The molecule has 0 fully saturated rings. The third-order valence-corrected chi connectivity index (χ3v) is 4.25. The van der Waals surface area contributed by atoms with Crippen molar-refractivity contribution in [1.82, 2.24) is 5.32 Å². The molecule has 0 saturated heterocycles. The molecule has 0 bridgehead atoms. The van der Waals surface area contributed by atoms with Crippen molar-refractivity contribution in [2.75, 3.05) is 0 Å². The number of aryl methyl sites for hydroxylation is 1. The topological polar surface area (TPSA) is 29.1 Å². The van der Waals surface area contributed by atoms with Crippen LogP contribution in [-0.2, 0) is 0 Å². The van der Waals surface area contributed by atoms with Crippen LogP contribution in [0.4, 0.5) is 0 Å². The molecule has 0 aromatic heterocycles. The maximum absolute atomic E-state index is 12.4. The summed E-state index contributed by atoms with van der Waals surface area (Å²) in [5, 5.41) is 3.12. The Morgan fingerprint density at radius 1 is 1.15 bits per heavy atom. The lowest BCUT2D eigenvalue weighted by Crippen LogP contribution is -2.28. The van der Waals surface area contributed by atoms with Crippen molar-refractivity contribution in [3.63, 3.8) is 0 Å². The SMILES string of the molecule is CC[C@H](NC(=O)c1ccccc1I)c1ccc(C)cc1. The molecule has 104 valence electrons. The Morgan fingerprint density at radius 3 is 2.40 bits per heavy atom. The highest BCUT2D eigenvalue weighted by atomic mass is 127. The second-order valence-electron chi connectivity index (χ2n) is 4.82. The third-order valence-electron chi connectivity index (χ3n) is 3.31. The largest absolute Gasteiger partial charge is 0.345 e. The highest BCUT2D eigenvalue weighted by Gasteiger charge is 2.15. The smallest absolute Gasteiger partial charge is 0.252 e. The van der Waals surface area contributed by atoms with E-state index in [4.69, 9.17) is 0 Å². The van der Waals surface area contributed by atoms with Gasteiger partial charge in [0.25, 0.3) is 5.91 Å². The van der Waals surface area contributed by atoms with E-state index in [2.05, 4.69) is 66.0 Å². The molecule has 0 heterocycles.